The summed E-state index contributed by atoms with van der Waals surface area (Å²) in [5, 5.41) is 11.6. The first-order valence-electron chi connectivity index (χ1n) is 5.58. The lowest BCUT2D eigenvalue weighted by Crippen LogP contribution is -2.35. The molecule has 0 aromatic carbocycles. The maximum atomic E-state index is 11.7. The van der Waals surface area contributed by atoms with E-state index in [1.165, 1.54) is 0 Å². The molecule has 1 amide bonds. The summed E-state index contributed by atoms with van der Waals surface area (Å²) < 4.78 is 5.01. The van der Waals surface area contributed by atoms with E-state index < -0.39 is 5.97 Å². The van der Waals surface area contributed by atoms with Crippen LogP contribution in [0.15, 0.2) is 0 Å². The molecule has 0 saturated heterocycles. The molecular weight excluding hydrogens is 210 g/mol. The summed E-state index contributed by atoms with van der Waals surface area (Å²) in [6.07, 6.45) is 1.72. The smallest absolute Gasteiger partial charge is 0.306 e. The number of ether oxygens (including phenoxy) is 1. The van der Waals surface area contributed by atoms with E-state index in [9.17, 15) is 9.59 Å². The molecule has 1 rings (SSSR count). The molecule has 0 aromatic heterocycles. The van der Waals surface area contributed by atoms with E-state index in [-0.39, 0.29) is 23.8 Å². The fourth-order valence-electron chi connectivity index (χ4n) is 1.92. The summed E-state index contributed by atoms with van der Waals surface area (Å²) in [5.74, 6) is -1.34. The number of carboxylic acid groups (broad SMARTS) is 1. The van der Waals surface area contributed by atoms with Gasteiger partial charge in [-0.25, -0.2) is 0 Å². The summed E-state index contributed by atoms with van der Waals surface area (Å²) in [6, 6.07) is 0. The Labute approximate surface area is 95.2 Å². The zero-order chi connectivity index (χ0) is 12.1. The monoisotopic (exact) mass is 229 g/mol. The predicted octanol–water partition coefficient (Wildman–Crippen LogP) is 0.638. The van der Waals surface area contributed by atoms with Crippen LogP contribution in [0.1, 0.15) is 26.2 Å². The molecule has 3 unspecified atom stereocenters. The van der Waals surface area contributed by atoms with Crippen molar-refractivity contribution in [3.05, 3.63) is 0 Å². The van der Waals surface area contributed by atoms with Gasteiger partial charge in [0.2, 0.25) is 5.91 Å². The van der Waals surface area contributed by atoms with Crippen molar-refractivity contribution in [2.45, 2.75) is 32.3 Å². The summed E-state index contributed by atoms with van der Waals surface area (Å²) in [5.41, 5.74) is 0. The fourth-order valence-corrected chi connectivity index (χ4v) is 1.92. The first kappa shape index (κ1) is 13.0. The van der Waals surface area contributed by atoms with Crippen molar-refractivity contribution in [2.75, 3.05) is 13.7 Å². The Bertz CT molecular complexity index is 267. The lowest BCUT2D eigenvalue weighted by molar-refractivity contribution is -0.141. The van der Waals surface area contributed by atoms with Crippen LogP contribution in [0.3, 0.4) is 0 Å². The van der Waals surface area contributed by atoms with Crippen molar-refractivity contribution in [3.8, 4) is 0 Å². The zero-order valence-corrected chi connectivity index (χ0v) is 9.73. The summed E-state index contributed by atoms with van der Waals surface area (Å²) in [4.78, 5) is 22.4. The van der Waals surface area contributed by atoms with E-state index in [0.717, 1.165) is 0 Å². The van der Waals surface area contributed by atoms with Crippen LogP contribution in [0.2, 0.25) is 0 Å². The largest absolute Gasteiger partial charge is 0.481 e. The topological polar surface area (TPSA) is 75.6 Å². The first-order valence-corrected chi connectivity index (χ1v) is 5.58. The Morgan fingerprint density at radius 1 is 1.44 bits per heavy atom. The highest BCUT2D eigenvalue weighted by atomic mass is 16.5. The van der Waals surface area contributed by atoms with Crippen molar-refractivity contribution >= 4 is 11.9 Å². The van der Waals surface area contributed by atoms with Crippen LogP contribution in [0.5, 0.6) is 0 Å². The average Bonchev–Trinajstić information content (AvgIpc) is 2.74. The number of hydrogen-bond acceptors (Lipinski definition) is 3. The normalized spacial score (nSPS) is 26.4. The number of methoxy groups -OCH3 is 1. The van der Waals surface area contributed by atoms with Crippen LogP contribution in [0, 0.1) is 11.8 Å². The van der Waals surface area contributed by atoms with E-state index in [1.54, 1.807) is 7.11 Å². The number of aliphatic carboxylic acids is 1. The Balaban J connectivity index is 2.31. The van der Waals surface area contributed by atoms with Crippen molar-refractivity contribution in [1.29, 1.82) is 0 Å². The minimum Gasteiger partial charge on any atom is -0.481 e. The maximum Gasteiger partial charge on any atom is 0.306 e. The number of amides is 1. The van der Waals surface area contributed by atoms with Gasteiger partial charge in [0.15, 0.2) is 0 Å². The number of hydrogen-bond donors (Lipinski definition) is 2. The van der Waals surface area contributed by atoms with Gasteiger partial charge in [-0.15, -0.1) is 0 Å². The third-order valence-electron chi connectivity index (χ3n) is 3.12. The second kappa shape index (κ2) is 5.84. The second-order valence-corrected chi connectivity index (χ2v) is 4.34. The summed E-state index contributed by atoms with van der Waals surface area (Å²) in [6.45, 7) is 2.35. The predicted molar refractivity (Wildman–Crippen MR) is 57.9 cm³/mol. The minimum absolute atomic E-state index is 0.0133. The number of carbonyl (C=O) groups is 2. The molecule has 5 nitrogen and oxygen atoms in total. The third kappa shape index (κ3) is 3.48. The number of carboxylic acids is 1. The molecule has 0 heterocycles. The van der Waals surface area contributed by atoms with Gasteiger partial charge in [-0.05, 0) is 26.2 Å². The van der Waals surface area contributed by atoms with Crippen molar-refractivity contribution < 1.29 is 19.4 Å². The second-order valence-electron chi connectivity index (χ2n) is 4.34. The van der Waals surface area contributed by atoms with Crippen molar-refractivity contribution in [1.82, 2.24) is 5.32 Å². The summed E-state index contributed by atoms with van der Waals surface area (Å²) in [7, 11) is 1.59. The maximum absolute atomic E-state index is 11.7. The van der Waals surface area contributed by atoms with Crippen LogP contribution in [0.25, 0.3) is 0 Å². The number of carbonyl (C=O) groups excluding carboxylic acids is 1. The number of rotatable bonds is 5. The van der Waals surface area contributed by atoms with Crippen LogP contribution in [0.4, 0.5) is 0 Å². The molecule has 1 aliphatic carbocycles. The minimum atomic E-state index is -0.791. The Hall–Kier alpha value is -1.10. The van der Waals surface area contributed by atoms with Gasteiger partial charge in [0.05, 0.1) is 12.0 Å². The fraction of sp³-hybridized carbons (Fsp3) is 0.818. The van der Waals surface area contributed by atoms with Gasteiger partial charge in [0.25, 0.3) is 0 Å². The number of nitrogens with one attached hydrogen (secondary N) is 1. The molecule has 0 spiro atoms. The molecule has 1 saturated carbocycles. The molecule has 5 heteroatoms. The molecule has 2 N–H and O–H groups in total. The molecule has 1 aliphatic rings. The Kier molecular flexibility index (Phi) is 4.73. The van der Waals surface area contributed by atoms with E-state index in [2.05, 4.69) is 5.32 Å². The molecule has 0 bridgehead atoms. The molecule has 1 fully saturated rings. The molecule has 92 valence electrons. The molecule has 16 heavy (non-hydrogen) atoms. The van der Waals surface area contributed by atoms with Gasteiger partial charge in [0.1, 0.15) is 0 Å². The van der Waals surface area contributed by atoms with Gasteiger partial charge in [0, 0.05) is 19.6 Å². The Morgan fingerprint density at radius 2 is 2.06 bits per heavy atom. The van der Waals surface area contributed by atoms with Crippen LogP contribution in [-0.4, -0.2) is 36.7 Å². The average molecular weight is 229 g/mol. The molecule has 3 atom stereocenters. The lowest BCUT2D eigenvalue weighted by atomic mass is 10.0. The van der Waals surface area contributed by atoms with E-state index in [1.807, 2.05) is 6.92 Å². The standard InChI is InChI=1S/C11H19NO4/c1-7(16-2)6-12-10(13)8-3-4-9(5-8)11(14)15/h7-9H,3-6H2,1-2H3,(H,12,13)(H,14,15). The van der Waals surface area contributed by atoms with Gasteiger partial charge >= 0.3 is 5.97 Å². The Morgan fingerprint density at radius 3 is 2.56 bits per heavy atom. The first-order chi connectivity index (χ1) is 7.54. The van der Waals surface area contributed by atoms with E-state index in [0.29, 0.717) is 25.8 Å². The van der Waals surface area contributed by atoms with Gasteiger partial charge in [-0.2, -0.15) is 0 Å². The molecule has 0 aliphatic heterocycles. The highest BCUT2D eigenvalue weighted by molar-refractivity contribution is 5.80. The van der Waals surface area contributed by atoms with Crippen molar-refractivity contribution in [2.24, 2.45) is 11.8 Å². The quantitative estimate of drug-likeness (QED) is 0.725. The van der Waals surface area contributed by atoms with Gasteiger partial charge in [-0.3, -0.25) is 9.59 Å². The highest BCUT2D eigenvalue weighted by Crippen LogP contribution is 2.30. The molecule has 0 aromatic rings. The van der Waals surface area contributed by atoms with Crippen LogP contribution >= 0.6 is 0 Å². The van der Waals surface area contributed by atoms with Gasteiger partial charge in [-0.1, -0.05) is 0 Å². The zero-order valence-electron chi connectivity index (χ0n) is 9.73. The van der Waals surface area contributed by atoms with Gasteiger partial charge < -0.3 is 15.2 Å². The highest BCUT2D eigenvalue weighted by Gasteiger charge is 2.33. The summed E-state index contributed by atoms with van der Waals surface area (Å²) >= 11 is 0. The SMILES string of the molecule is COC(C)CNC(=O)C1CCC(C(=O)O)C1. The van der Waals surface area contributed by atoms with Crippen LogP contribution < -0.4 is 5.32 Å². The molecule has 0 radical (unpaired) electrons. The van der Waals surface area contributed by atoms with Crippen molar-refractivity contribution in [3.63, 3.8) is 0 Å². The lowest BCUT2D eigenvalue weighted by Gasteiger charge is -2.14. The third-order valence-corrected chi connectivity index (χ3v) is 3.12. The van der Waals surface area contributed by atoms with E-state index >= 15 is 0 Å². The van der Waals surface area contributed by atoms with E-state index in [4.69, 9.17) is 9.84 Å². The molecular formula is C11H19NO4. The van der Waals surface area contributed by atoms with Crippen LogP contribution in [-0.2, 0) is 14.3 Å².